The Balaban J connectivity index is 1.71. The summed E-state index contributed by atoms with van der Waals surface area (Å²) >= 11 is 0. The Morgan fingerprint density at radius 1 is 1.11 bits per heavy atom. The Labute approximate surface area is 208 Å². The van der Waals surface area contributed by atoms with Gasteiger partial charge in [-0.05, 0) is 68.5 Å². The van der Waals surface area contributed by atoms with Gasteiger partial charge in [0, 0.05) is 28.8 Å². The van der Waals surface area contributed by atoms with Crippen LogP contribution in [0.5, 0.6) is 0 Å². The molecular formula is C27H27N5O4. The quantitative estimate of drug-likeness (QED) is 0.189. The zero-order valence-electron chi connectivity index (χ0n) is 20.3. The molecule has 1 saturated carbocycles. The molecule has 0 aliphatic heterocycles. The van der Waals surface area contributed by atoms with Gasteiger partial charge in [0.2, 0.25) is 0 Å². The largest absolute Gasteiger partial charge is 0.461 e. The van der Waals surface area contributed by atoms with E-state index in [1.807, 2.05) is 19.1 Å². The summed E-state index contributed by atoms with van der Waals surface area (Å²) in [5.74, 6) is -0.0904. The number of aromatic nitrogens is 4. The second-order valence-electron chi connectivity index (χ2n) is 9.12. The first-order chi connectivity index (χ1) is 17.5. The van der Waals surface area contributed by atoms with Crippen molar-refractivity contribution in [3.05, 3.63) is 75.6 Å². The lowest BCUT2D eigenvalue weighted by Crippen LogP contribution is -2.09. The maximum atomic E-state index is 12.8. The highest BCUT2D eigenvalue weighted by Gasteiger charge is 2.25. The number of pyridine rings is 1. The van der Waals surface area contributed by atoms with Gasteiger partial charge >= 0.3 is 5.97 Å². The molecule has 1 fully saturated rings. The molecule has 0 atom stereocenters. The third-order valence-electron chi connectivity index (χ3n) is 6.73. The second-order valence-corrected chi connectivity index (χ2v) is 9.12. The van der Waals surface area contributed by atoms with Crippen LogP contribution in [0, 0.1) is 17.0 Å². The van der Waals surface area contributed by atoms with Crippen LogP contribution in [0.25, 0.3) is 27.8 Å². The van der Waals surface area contributed by atoms with Crippen LogP contribution in [0.15, 0.2) is 48.5 Å². The number of non-ortho nitro benzene ring substituents is 1. The van der Waals surface area contributed by atoms with E-state index in [0.29, 0.717) is 17.2 Å². The van der Waals surface area contributed by atoms with Crippen LogP contribution < -0.4 is 0 Å². The molecule has 36 heavy (non-hydrogen) atoms. The maximum Gasteiger partial charge on any atom is 0.361 e. The number of hydrogen-bond acceptors (Lipinski definition) is 7. The molecule has 9 nitrogen and oxygen atoms in total. The zero-order valence-corrected chi connectivity index (χ0v) is 20.3. The minimum absolute atomic E-state index is 0.0437. The number of benzene rings is 2. The summed E-state index contributed by atoms with van der Waals surface area (Å²) in [6, 6.07) is 14.3. The number of esters is 1. The molecule has 0 N–H and O–H groups in total. The van der Waals surface area contributed by atoms with Crippen LogP contribution in [-0.4, -0.2) is 37.5 Å². The van der Waals surface area contributed by atoms with Crippen molar-refractivity contribution in [3.63, 3.8) is 0 Å². The number of nitrogens with zero attached hydrogens (tertiary/aromatic N) is 5. The van der Waals surface area contributed by atoms with Gasteiger partial charge in [-0.15, -0.1) is 5.10 Å². The number of aryl methyl sites for hydroxylation is 1. The van der Waals surface area contributed by atoms with Gasteiger partial charge in [-0.3, -0.25) is 15.1 Å². The number of fused-ring (bicyclic) bond motifs is 1. The topological polar surface area (TPSA) is 113 Å². The summed E-state index contributed by atoms with van der Waals surface area (Å²) in [5.41, 5.74) is 4.63. The molecule has 0 spiro atoms. The molecule has 0 saturated heterocycles. The number of carbonyl (C=O) groups excluding carboxylic acids is 1. The first kappa shape index (κ1) is 23.6. The molecule has 0 unspecified atom stereocenters. The lowest BCUT2D eigenvalue weighted by atomic mass is 9.83. The average Bonchev–Trinajstić information content (AvgIpc) is 3.34. The molecule has 2 heterocycles. The average molecular weight is 486 g/mol. The molecule has 5 rings (SSSR count). The number of nitro benzene ring substituents is 1. The molecule has 0 amide bonds. The summed E-state index contributed by atoms with van der Waals surface area (Å²) in [6.45, 7) is 3.82. The maximum absolute atomic E-state index is 12.8. The van der Waals surface area contributed by atoms with Crippen molar-refractivity contribution in [2.75, 3.05) is 6.61 Å². The summed E-state index contributed by atoms with van der Waals surface area (Å²) in [7, 11) is 0. The first-order valence-electron chi connectivity index (χ1n) is 12.3. The van der Waals surface area contributed by atoms with Gasteiger partial charge in [-0.2, -0.15) is 0 Å². The molecule has 1 aliphatic carbocycles. The van der Waals surface area contributed by atoms with Crippen LogP contribution in [-0.2, 0) is 4.74 Å². The normalized spacial score (nSPS) is 14.2. The van der Waals surface area contributed by atoms with Gasteiger partial charge < -0.3 is 4.74 Å². The minimum atomic E-state index is -0.602. The van der Waals surface area contributed by atoms with Gasteiger partial charge in [-0.1, -0.05) is 30.5 Å². The predicted molar refractivity (Wildman–Crippen MR) is 135 cm³/mol. The first-order valence-corrected chi connectivity index (χ1v) is 12.3. The zero-order chi connectivity index (χ0) is 25.2. The second kappa shape index (κ2) is 9.85. The number of hydrogen-bond donors (Lipinski definition) is 0. The summed E-state index contributed by atoms with van der Waals surface area (Å²) in [6.07, 6.45) is 6.09. The van der Waals surface area contributed by atoms with Crippen molar-refractivity contribution in [2.45, 2.75) is 51.9 Å². The Bertz CT molecular complexity index is 1440. The molecule has 2 aromatic carbocycles. The summed E-state index contributed by atoms with van der Waals surface area (Å²) in [5, 5.41) is 20.6. The van der Waals surface area contributed by atoms with Crippen LogP contribution in [0.2, 0.25) is 0 Å². The summed E-state index contributed by atoms with van der Waals surface area (Å²) in [4.78, 5) is 28.2. The standard InChI is InChI=1S/C27H27N5O4/c1-3-36-27(33)25-26(19-9-12-21(13-10-19)32(34)35)31(30-29-25)24-15-17(2)28-23-14-11-20(16-22(23)24)18-7-5-4-6-8-18/h9-16,18H,3-8H2,1-2H3. The monoisotopic (exact) mass is 485 g/mol. The SMILES string of the molecule is CCOC(=O)c1nnn(-c2cc(C)nc3ccc(C4CCCCC4)cc23)c1-c1ccc([N+](=O)[O-])cc1. The van der Waals surface area contributed by atoms with Gasteiger partial charge in [0.15, 0.2) is 5.69 Å². The van der Waals surface area contributed by atoms with Gasteiger partial charge in [0.25, 0.3) is 5.69 Å². The van der Waals surface area contributed by atoms with Gasteiger partial charge in [0.1, 0.15) is 5.69 Å². The van der Waals surface area contributed by atoms with Crippen molar-refractivity contribution in [1.82, 2.24) is 20.0 Å². The fourth-order valence-corrected chi connectivity index (χ4v) is 5.01. The van der Waals surface area contributed by atoms with Gasteiger partial charge in [-0.25, -0.2) is 9.48 Å². The van der Waals surface area contributed by atoms with Crippen molar-refractivity contribution in [1.29, 1.82) is 0 Å². The van der Waals surface area contributed by atoms with Crippen molar-refractivity contribution in [2.24, 2.45) is 0 Å². The Hall–Kier alpha value is -4.14. The smallest absolute Gasteiger partial charge is 0.361 e. The Kier molecular flexibility index (Phi) is 6.45. The molecule has 0 bridgehead atoms. The van der Waals surface area contributed by atoms with E-state index in [4.69, 9.17) is 9.72 Å². The van der Waals surface area contributed by atoms with Gasteiger partial charge in [0.05, 0.1) is 22.7 Å². The van der Waals surface area contributed by atoms with E-state index >= 15 is 0 Å². The van der Waals surface area contributed by atoms with Crippen molar-refractivity contribution >= 4 is 22.6 Å². The lowest BCUT2D eigenvalue weighted by Gasteiger charge is -2.22. The van der Waals surface area contributed by atoms with Crippen molar-refractivity contribution < 1.29 is 14.5 Å². The highest BCUT2D eigenvalue weighted by molar-refractivity contribution is 5.96. The molecule has 9 heteroatoms. The van der Waals surface area contributed by atoms with E-state index in [9.17, 15) is 14.9 Å². The van der Waals surface area contributed by atoms with E-state index in [0.717, 1.165) is 22.3 Å². The molecule has 2 aromatic heterocycles. The van der Waals surface area contributed by atoms with E-state index in [1.165, 1.54) is 49.8 Å². The molecule has 0 radical (unpaired) electrons. The fraction of sp³-hybridized carbons (Fsp3) is 0.333. The van der Waals surface area contributed by atoms with Crippen molar-refractivity contribution in [3.8, 4) is 16.9 Å². The Morgan fingerprint density at radius 2 is 1.86 bits per heavy atom. The van der Waals surface area contributed by atoms with Crippen LogP contribution in [0.1, 0.15) is 66.7 Å². The molecule has 1 aliphatic rings. The van der Waals surface area contributed by atoms with Crippen LogP contribution in [0.3, 0.4) is 0 Å². The number of ether oxygens (including phenoxy) is 1. The van der Waals surface area contributed by atoms with E-state index in [1.54, 1.807) is 23.7 Å². The van der Waals surface area contributed by atoms with E-state index < -0.39 is 10.9 Å². The number of nitro groups is 1. The van der Waals surface area contributed by atoms with E-state index in [2.05, 4.69) is 22.4 Å². The fourth-order valence-electron chi connectivity index (χ4n) is 5.01. The molecular weight excluding hydrogens is 458 g/mol. The predicted octanol–water partition coefficient (Wildman–Crippen LogP) is 5.92. The Morgan fingerprint density at radius 3 is 2.56 bits per heavy atom. The molecule has 4 aromatic rings. The highest BCUT2D eigenvalue weighted by atomic mass is 16.6. The molecule has 184 valence electrons. The minimum Gasteiger partial charge on any atom is -0.461 e. The third kappa shape index (κ3) is 4.44. The summed E-state index contributed by atoms with van der Waals surface area (Å²) < 4.78 is 6.86. The lowest BCUT2D eigenvalue weighted by molar-refractivity contribution is -0.384. The van der Waals surface area contributed by atoms with Crippen LogP contribution >= 0.6 is 0 Å². The third-order valence-corrected chi connectivity index (χ3v) is 6.73. The number of carbonyl (C=O) groups is 1. The van der Waals surface area contributed by atoms with Crippen LogP contribution in [0.4, 0.5) is 5.69 Å². The van der Waals surface area contributed by atoms with E-state index in [-0.39, 0.29) is 18.0 Å². The number of rotatable bonds is 6. The highest BCUT2D eigenvalue weighted by Crippen LogP contribution is 2.36.